The highest BCUT2D eigenvalue weighted by atomic mass is 16.5. The van der Waals surface area contributed by atoms with Crippen LogP contribution in [-0.4, -0.2) is 5.97 Å². The maximum atomic E-state index is 13.2. The Morgan fingerprint density at radius 3 is 1.88 bits per heavy atom. The number of hydrogen-bond acceptors (Lipinski definition) is 3. The standard InChI is InChI=1S/C31H31NO2/c33-31(28-19-22-18-27(28)30-21-12-11-20(17-21)29(22)30)34-26-15-13-25(14-16-26)32(23-7-3-1-4-8-23)24-9-5-2-6-10-24/h1-10,13-16,20-22,27-30H,11-12,17-19H2. The zero-order valence-corrected chi connectivity index (χ0v) is 19.4. The molecule has 3 aromatic carbocycles. The quantitative estimate of drug-likeness (QED) is 0.231. The van der Waals surface area contributed by atoms with Gasteiger partial charge < -0.3 is 9.64 Å². The zero-order valence-electron chi connectivity index (χ0n) is 19.4. The van der Waals surface area contributed by atoms with Crippen molar-refractivity contribution in [2.75, 3.05) is 4.90 Å². The Morgan fingerprint density at radius 2 is 1.24 bits per heavy atom. The maximum Gasteiger partial charge on any atom is 0.314 e. The van der Waals surface area contributed by atoms with Gasteiger partial charge in [-0.25, -0.2) is 0 Å². The van der Waals surface area contributed by atoms with Crippen molar-refractivity contribution >= 4 is 23.0 Å². The van der Waals surface area contributed by atoms with Gasteiger partial charge in [0.05, 0.1) is 5.92 Å². The molecule has 4 aliphatic rings. The van der Waals surface area contributed by atoms with Crippen molar-refractivity contribution < 1.29 is 9.53 Å². The Hall–Kier alpha value is -3.07. The normalized spacial score (nSPS) is 32.5. The van der Waals surface area contributed by atoms with Crippen molar-refractivity contribution in [2.24, 2.45) is 41.4 Å². The van der Waals surface area contributed by atoms with Crippen molar-refractivity contribution in [3.63, 3.8) is 0 Å². The first-order valence-electron chi connectivity index (χ1n) is 13.0. The lowest BCUT2D eigenvalue weighted by Gasteiger charge is -2.37. The first kappa shape index (κ1) is 20.3. The van der Waals surface area contributed by atoms with Crippen LogP contribution in [0.1, 0.15) is 32.1 Å². The van der Waals surface area contributed by atoms with Crippen LogP contribution >= 0.6 is 0 Å². The molecule has 0 radical (unpaired) electrons. The molecule has 0 saturated heterocycles. The van der Waals surface area contributed by atoms with Crippen LogP contribution in [0, 0.1) is 41.4 Å². The first-order valence-corrected chi connectivity index (χ1v) is 13.0. The van der Waals surface area contributed by atoms with Gasteiger partial charge in [0.1, 0.15) is 5.75 Å². The van der Waals surface area contributed by atoms with E-state index < -0.39 is 0 Å². The van der Waals surface area contributed by atoms with Crippen molar-refractivity contribution in [3.05, 3.63) is 84.9 Å². The Morgan fingerprint density at radius 1 is 0.647 bits per heavy atom. The van der Waals surface area contributed by atoms with E-state index in [2.05, 4.69) is 65.6 Å². The number of fused-ring (bicyclic) bond motifs is 9. The summed E-state index contributed by atoms with van der Waals surface area (Å²) in [5, 5.41) is 0. The number of rotatable bonds is 5. The smallest absolute Gasteiger partial charge is 0.314 e. The first-order chi connectivity index (χ1) is 16.8. The fourth-order valence-corrected chi connectivity index (χ4v) is 8.29. The number of anilines is 3. The summed E-state index contributed by atoms with van der Waals surface area (Å²) in [7, 11) is 0. The SMILES string of the molecule is O=C(Oc1ccc(N(c2ccccc2)c2ccccc2)cc1)C1CC2CC1C1C3CCC(C3)C21. The molecule has 7 unspecified atom stereocenters. The molecule has 7 rings (SSSR count). The van der Waals surface area contributed by atoms with Crippen LogP contribution in [0.4, 0.5) is 17.1 Å². The minimum atomic E-state index is 0.00412. The highest BCUT2D eigenvalue weighted by molar-refractivity contribution is 5.78. The lowest BCUT2D eigenvalue weighted by molar-refractivity contribution is -0.142. The molecular weight excluding hydrogens is 418 g/mol. The van der Waals surface area contributed by atoms with Gasteiger partial charge >= 0.3 is 5.97 Å². The highest BCUT2D eigenvalue weighted by Gasteiger charge is 2.63. The van der Waals surface area contributed by atoms with Crippen LogP contribution in [0.25, 0.3) is 0 Å². The van der Waals surface area contributed by atoms with Crippen LogP contribution in [-0.2, 0) is 4.79 Å². The van der Waals surface area contributed by atoms with E-state index in [9.17, 15) is 4.79 Å². The summed E-state index contributed by atoms with van der Waals surface area (Å²) in [4.78, 5) is 15.4. The van der Waals surface area contributed by atoms with E-state index >= 15 is 0 Å². The Kier molecular flexibility index (Phi) is 4.78. The van der Waals surface area contributed by atoms with E-state index in [1.165, 1.54) is 25.7 Å². The summed E-state index contributed by atoms with van der Waals surface area (Å²) in [6.45, 7) is 0. The number of ether oxygens (including phenoxy) is 1. The molecule has 3 heteroatoms. The summed E-state index contributed by atoms with van der Waals surface area (Å²) >= 11 is 0. The maximum absolute atomic E-state index is 13.2. The number of carbonyl (C=O) groups excluding carboxylic acids is 1. The molecule has 4 aliphatic carbocycles. The Balaban J connectivity index is 1.09. The van der Waals surface area contributed by atoms with Gasteiger partial charge in [0.2, 0.25) is 0 Å². The van der Waals surface area contributed by atoms with Crippen LogP contribution in [0.15, 0.2) is 84.9 Å². The van der Waals surface area contributed by atoms with Crippen LogP contribution < -0.4 is 9.64 Å². The molecule has 4 saturated carbocycles. The average molecular weight is 450 g/mol. The number of carbonyl (C=O) groups is 1. The van der Waals surface area contributed by atoms with Crippen molar-refractivity contribution in [1.82, 2.24) is 0 Å². The van der Waals surface area contributed by atoms with E-state index in [0.717, 1.165) is 53.1 Å². The Bertz CT molecular complexity index is 1140. The number of hydrogen-bond donors (Lipinski definition) is 0. The van der Waals surface area contributed by atoms with Crippen molar-refractivity contribution in [3.8, 4) is 5.75 Å². The van der Waals surface area contributed by atoms with E-state index in [4.69, 9.17) is 4.74 Å². The predicted molar refractivity (Wildman–Crippen MR) is 134 cm³/mol. The van der Waals surface area contributed by atoms with Crippen molar-refractivity contribution in [1.29, 1.82) is 0 Å². The lowest BCUT2D eigenvalue weighted by atomic mass is 9.67. The molecule has 172 valence electrons. The molecule has 4 fully saturated rings. The number of benzene rings is 3. The van der Waals surface area contributed by atoms with Gasteiger partial charge in [0.25, 0.3) is 0 Å². The van der Waals surface area contributed by atoms with Crippen molar-refractivity contribution in [2.45, 2.75) is 32.1 Å². The van der Waals surface area contributed by atoms with Gasteiger partial charge in [-0.2, -0.15) is 0 Å². The molecule has 0 N–H and O–H groups in total. The molecule has 3 aromatic rings. The zero-order chi connectivity index (χ0) is 22.6. The average Bonchev–Trinajstić information content (AvgIpc) is 3.67. The summed E-state index contributed by atoms with van der Waals surface area (Å²) in [5.41, 5.74) is 3.24. The predicted octanol–water partition coefficient (Wildman–Crippen LogP) is 7.38. The number of esters is 1. The third-order valence-corrected chi connectivity index (χ3v) is 9.38. The number of para-hydroxylation sites is 2. The lowest BCUT2D eigenvalue weighted by Crippen LogP contribution is -2.37. The number of nitrogens with zero attached hydrogens (tertiary/aromatic N) is 1. The minimum Gasteiger partial charge on any atom is -0.426 e. The summed E-state index contributed by atoms with van der Waals surface area (Å²) in [5.74, 6) is 5.70. The van der Waals surface area contributed by atoms with Gasteiger partial charge in [0, 0.05) is 17.1 Å². The van der Waals surface area contributed by atoms with Crippen LogP contribution in [0.2, 0.25) is 0 Å². The van der Waals surface area contributed by atoms with E-state index in [1.807, 2.05) is 24.3 Å². The van der Waals surface area contributed by atoms with Crippen LogP contribution in [0.5, 0.6) is 5.75 Å². The van der Waals surface area contributed by atoms with Gasteiger partial charge in [-0.1, -0.05) is 36.4 Å². The summed E-state index contributed by atoms with van der Waals surface area (Å²) in [6, 6.07) is 28.7. The monoisotopic (exact) mass is 449 g/mol. The molecule has 0 amide bonds. The fourth-order valence-electron chi connectivity index (χ4n) is 8.29. The molecule has 7 atom stereocenters. The molecule has 34 heavy (non-hydrogen) atoms. The van der Waals surface area contributed by atoms with Gasteiger partial charge in [-0.05, 0) is 116 Å². The largest absolute Gasteiger partial charge is 0.426 e. The Labute approximate surface area is 201 Å². The minimum absolute atomic E-state index is 0.00412. The van der Waals surface area contributed by atoms with Crippen LogP contribution in [0.3, 0.4) is 0 Å². The summed E-state index contributed by atoms with van der Waals surface area (Å²) < 4.78 is 5.97. The van der Waals surface area contributed by atoms with Gasteiger partial charge in [-0.15, -0.1) is 0 Å². The molecule has 0 aliphatic heterocycles. The third-order valence-electron chi connectivity index (χ3n) is 9.38. The van der Waals surface area contributed by atoms with Gasteiger partial charge in [0.15, 0.2) is 0 Å². The molecule has 3 nitrogen and oxygen atoms in total. The third kappa shape index (κ3) is 3.20. The molecule has 0 heterocycles. The highest BCUT2D eigenvalue weighted by Crippen LogP contribution is 2.68. The van der Waals surface area contributed by atoms with E-state index in [-0.39, 0.29) is 11.9 Å². The molecule has 0 aromatic heterocycles. The fraction of sp³-hybridized carbons (Fsp3) is 0.387. The second-order valence-corrected chi connectivity index (χ2v) is 10.9. The molecule has 4 bridgehead atoms. The second kappa shape index (κ2) is 8.01. The summed E-state index contributed by atoms with van der Waals surface area (Å²) in [6.07, 6.45) is 6.61. The molecular formula is C31H31NO2. The van der Waals surface area contributed by atoms with Gasteiger partial charge in [-0.3, -0.25) is 4.79 Å². The topological polar surface area (TPSA) is 29.5 Å². The second-order valence-electron chi connectivity index (χ2n) is 10.9. The van der Waals surface area contributed by atoms with E-state index in [1.54, 1.807) is 0 Å². The molecule has 0 spiro atoms. The van der Waals surface area contributed by atoms with E-state index in [0.29, 0.717) is 11.7 Å².